The lowest BCUT2D eigenvalue weighted by atomic mass is 10.0. The van der Waals surface area contributed by atoms with Crippen molar-refractivity contribution in [3.8, 4) is 5.75 Å². The second-order valence-corrected chi connectivity index (χ2v) is 4.20. The van der Waals surface area contributed by atoms with Gasteiger partial charge in [-0.05, 0) is 19.9 Å². The minimum Gasteiger partial charge on any atom is -0.508 e. The van der Waals surface area contributed by atoms with Crippen LogP contribution in [0.3, 0.4) is 0 Å². The van der Waals surface area contributed by atoms with Gasteiger partial charge in [-0.3, -0.25) is 0 Å². The maximum absolute atomic E-state index is 9.71. The average molecular weight is 208 g/mol. The van der Waals surface area contributed by atoms with Crippen molar-refractivity contribution in [2.45, 2.75) is 32.2 Å². The molecule has 1 aromatic carbocycles. The Kier molecular flexibility index (Phi) is 2.67. The van der Waals surface area contributed by atoms with E-state index < -0.39 is 5.79 Å². The van der Waals surface area contributed by atoms with Crippen LogP contribution >= 0.6 is 0 Å². The van der Waals surface area contributed by atoms with E-state index >= 15 is 0 Å². The zero-order valence-electron chi connectivity index (χ0n) is 9.06. The smallest absolute Gasteiger partial charge is 0.163 e. The maximum Gasteiger partial charge on any atom is 0.163 e. The van der Waals surface area contributed by atoms with Gasteiger partial charge in [0.15, 0.2) is 5.79 Å². The summed E-state index contributed by atoms with van der Waals surface area (Å²) < 4.78 is 11.2. The third kappa shape index (κ3) is 2.30. The summed E-state index contributed by atoms with van der Waals surface area (Å²) in [5, 5.41) is 9.71. The molecule has 0 aromatic heterocycles. The summed E-state index contributed by atoms with van der Waals surface area (Å²) in [4.78, 5) is 0. The van der Waals surface area contributed by atoms with E-state index in [-0.39, 0.29) is 6.10 Å². The van der Waals surface area contributed by atoms with Gasteiger partial charge in [0.05, 0.1) is 12.7 Å². The topological polar surface area (TPSA) is 38.7 Å². The summed E-state index contributed by atoms with van der Waals surface area (Å²) in [7, 11) is 0. The molecule has 1 saturated heterocycles. The van der Waals surface area contributed by atoms with Crippen LogP contribution in [0.25, 0.3) is 0 Å². The molecule has 3 heteroatoms. The van der Waals surface area contributed by atoms with Crippen LogP contribution in [0.4, 0.5) is 0 Å². The van der Waals surface area contributed by atoms with Gasteiger partial charge in [-0.2, -0.15) is 0 Å². The normalized spacial score (nSPS) is 25.1. The number of hydrogen-bond donors (Lipinski definition) is 1. The van der Waals surface area contributed by atoms with E-state index in [1.54, 1.807) is 6.07 Å². The van der Waals surface area contributed by atoms with E-state index in [2.05, 4.69) is 0 Å². The highest BCUT2D eigenvalue weighted by Crippen LogP contribution is 2.36. The lowest BCUT2D eigenvalue weighted by Gasteiger charge is -2.36. The molecule has 0 bridgehead atoms. The molecule has 0 amide bonds. The number of ether oxygens (including phenoxy) is 2. The first-order valence-electron chi connectivity index (χ1n) is 5.18. The third-order valence-electron chi connectivity index (χ3n) is 2.54. The quantitative estimate of drug-likeness (QED) is 0.771. The molecule has 1 aliphatic rings. The molecule has 1 heterocycles. The van der Waals surface area contributed by atoms with Gasteiger partial charge in [-0.15, -0.1) is 0 Å². The highest BCUT2D eigenvalue weighted by molar-refractivity contribution is 5.33. The predicted molar refractivity (Wildman–Crippen MR) is 56.6 cm³/mol. The molecule has 1 unspecified atom stereocenters. The van der Waals surface area contributed by atoms with Gasteiger partial charge in [0, 0.05) is 12.0 Å². The standard InChI is InChI=1S/C12H16O3/c1-12(2)14-8-7-11(15-12)9-5-3-4-6-10(9)13/h3-6,11,13H,7-8H2,1-2H3. The van der Waals surface area contributed by atoms with Crippen molar-refractivity contribution < 1.29 is 14.6 Å². The van der Waals surface area contributed by atoms with Crippen molar-refractivity contribution in [1.82, 2.24) is 0 Å². The Labute approximate surface area is 89.6 Å². The summed E-state index contributed by atoms with van der Waals surface area (Å²) in [6, 6.07) is 7.28. The number of phenolic OH excluding ortho intramolecular Hbond substituents is 1. The van der Waals surface area contributed by atoms with Crippen LogP contribution in [0.15, 0.2) is 24.3 Å². The van der Waals surface area contributed by atoms with Crippen LogP contribution < -0.4 is 0 Å². The molecule has 2 rings (SSSR count). The molecule has 0 aliphatic carbocycles. The van der Waals surface area contributed by atoms with Crippen molar-refractivity contribution >= 4 is 0 Å². The van der Waals surface area contributed by atoms with Crippen LogP contribution in [0.2, 0.25) is 0 Å². The zero-order valence-corrected chi connectivity index (χ0v) is 9.06. The SMILES string of the molecule is CC1(C)OCCC(c2ccccc2O)O1. The molecule has 1 fully saturated rings. The van der Waals surface area contributed by atoms with E-state index in [9.17, 15) is 5.11 Å². The lowest BCUT2D eigenvalue weighted by Crippen LogP contribution is -2.35. The Morgan fingerprint density at radius 1 is 1.33 bits per heavy atom. The lowest BCUT2D eigenvalue weighted by molar-refractivity contribution is -0.275. The Morgan fingerprint density at radius 2 is 2.07 bits per heavy atom. The van der Waals surface area contributed by atoms with Crippen LogP contribution in [0.1, 0.15) is 31.9 Å². The zero-order chi connectivity index (χ0) is 10.9. The van der Waals surface area contributed by atoms with Crippen LogP contribution in [0, 0.1) is 0 Å². The van der Waals surface area contributed by atoms with Gasteiger partial charge < -0.3 is 14.6 Å². The van der Waals surface area contributed by atoms with Crippen LogP contribution in [-0.4, -0.2) is 17.5 Å². The molecule has 0 spiro atoms. The number of para-hydroxylation sites is 1. The van der Waals surface area contributed by atoms with E-state index in [0.29, 0.717) is 12.4 Å². The molecular formula is C12H16O3. The van der Waals surface area contributed by atoms with E-state index in [1.165, 1.54) is 0 Å². The largest absolute Gasteiger partial charge is 0.508 e. The van der Waals surface area contributed by atoms with E-state index in [1.807, 2.05) is 32.0 Å². The number of benzene rings is 1. The maximum atomic E-state index is 9.71. The molecule has 3 nitrogen and oxygen atoms in total. The molecule has 0 radical (unpaired) electrons. The minimum atomic E-state index is -0.564. The predicted octanol–water partition coefficient (Wildman–Crippen LogP) is 2.61. The molecular weight excluding hydrogens is 192 g/mol. The van der Waals surface area contributed by atoms with Crippen molar-refractivity contribution in [3.63, 3.8) is 0 Å². The molecule has 1 atom stereocenters. The molecule has 1 aliphatic heterocycles. The van der Waals surface area contributed by atoms with Crippen molar-refractivity contribution in [2.24, 2.45) is 0 Å². The number of phenols is 1. The second-order valence-electron chi connectivity index (χ2n) is 4.20. The Balaban J connectivity index is 2.21. The highest BCUT2D eigenvalue weighted by Gasteiger charge is 2.31. The van der Waals surface area contributed by atoms with Crippen molar-refractivity contribution in [3.05, 3.63) is 29.8 Å². The van der Waals surface area contributed by atoms with Gasteiger partial charge in [-0.1, -0.05) is 18.2 Å². The summed E-state index contributed by atoms with van der Waals surface area (Å²) in [6.07, 6.45) is 0.705. The molecule has 0 saturated carbocycles. The van der Waals surface area contributed by atoms with Gasteiger partial charge >= 0.3 is 0 Å². The Bertz CT molecular complexity index is 346. The molecule has 15 heavy (non-hydrogen) atoms. The molecule has 1 aromatic rings. The summed E-state index contributed by atoms with van der Waals surface area (Å²) in [5.41, 5.74) is 0.842. The van der Waals surface area contributed by atoms with Crippen LogP contribution in [0.5, 0.6) is 5.75 Å². The summed E-state index contributed by atoms with van der Waals surface area (Å²) in [5.74, 6) is -0.272. The summed E-state index contributed by atoms with van der Waals surface area (Å²) in [6.45, 7) is 4.43. The number of aromatic hydroxyl groups is 1. The number of hydrogen-bond acceptors (Lipinski definition) is 3. The summed E-state index contributed by atoms with van der Waals surface area (Å²) >= 11 is 0. The second kappa shape index (κ2) is 3.83. The average Bonchev–Trinajstić information content (AvgIpc) is 2.17. The molecule has 82 valence electrons. The first kappa shape index (κ1) is 10.5. The monoisotopic (exact) mass is 208 g/mol. The van der Waals surface area contributed by atoms with Gasteiger partial charge in [0.2, 0.25) is 0 Å². The van der Waals surface area contributed by atoms with Gasteiger partial charge in [0.25, 0.3) is 0 Å². The highest BCUT2D eigenvalue weighted by atomic mass is 16.7. The minimum absolute atomic E-state index is 0.0741. The van der Waals surface area contributed by atoms with Crippen LogP contribution in [-0.2, 0) is 9.47 Å². The Hall–Kier alpha value is -1.06. The van der Waals surface area contributed by atoms with E-state index in [0.717, 1.165) is 12.0 Å². The fourth-order valence-electron chi connectivity index (χ4n) is 1.83. The number of rotatable bonds is 1. The molecule has 1 N–H and O–H groups in total. The fourth-order valence-corrected chi connectivity index (χ4v) is 1.83. The fraction of sp³-hybridized carbons (Fsp3) is 0.500. The Morgan fingerprint density at radius 3 is 2.73 bits per heavy atom. The van der Waals surface area contributed by atoms with E-state index in [4.69, 9.17) is 9.47 Å². The first-order chi connectivity index (χ1) is 7.08. The van der Waals surface area contributed by atoms with Crippen molar-refractivity contribution in [2.75, 3.05) is 6.61 Å². The van der Waals surface area contributed by atoms with Gasteiger partial charge in [-0.25, -0.2) is 0 Å². The first-order valence-corrected chi connectivity index (χ1v) is 5.18. The van der Waals surface area contributed by atoms with Crippen molar-refractivity contribution in [1.29, 1.82) is 0 Å². The third-order valence-corrected chi connectivity index (χ3v) is 2.54. The van der Waals surface area contributed by atoms with Gasteiger partial charge in [0.1, 0.15) is 5.75 Å².